The van der Waals surface area contributed by atoms with Crippen LogP contribution >= 0.6 is 0 Å². The van der Waals surface area contributed by atoms with Gasteiger partial charge in [0.1, 0.15) is 18.0 Å². The average Bonchev–Trinajstić information content (AvgIpc) is 3.47. The Morgan fingerprint density at radius 2 is 2.00 bits per heavy atom. The molecule has 1 amide bonds. The quantitative estimate of drug-likeness (QED) is 0.511. The average molecular weight is 479 g/mol. The van der Waals surface area contributed by atoms with Gasteiger partial charge in [0, 0.05) is 30.4 Å². The van der Waals surface area contributed by atoms with E-state index >= 15 is 0 Å². The zero-order valence-corrected chi connectivity index (χ0v) is 18.6. The maximum atomic E-state index is 14.3. The second-order valence-corrected chi connectivity index (χ2v) is 9.27. The first kappa shape index (κ1) is 23.1. The third-order valence-corrected chi connectivity index (χ3v) is 7.19. The van der Waals surface area contributed by atoms with Crippen molar-refractivity contribution < 1.29 is 22.7 Å². The number of benzene rings is 1. The van der Waals surface area contributed by atoms with Gasteiger partial charge in [-0.3, -0.25) is 14.9 Å². The predicted molar refractivity (Wildman–Crippen MR) is 119 cm³/mol. The molecule has 1 aromatic carbocycles. The maximum absolute atomic E-state index is 14.3. The van der Waals surface area contributed by atoms with Crippen molar-refractivity contribution in [3.63, 3.8) is 0 Å². The molecule has 0 bridgehead atoms. The summed E-state index contributed by atoms with van der Waals surface area (Å²) in [5, 5.41) is 10.4. The van der Waals surface area contributed by atoms with Gasteiger partial charge in [0.2, 0.25) is 5.91 Å². The number of fused-ring (bicyclic) bond motifs is 1. The van der Waals surface area contributed by atoms with Crippen molar-refractivity contribution in [1.29, 1.82) is 0 Å². The van der Waals surface area contributed by atoms with Crippen LogP contribution in [-0.4, -0.2) is 53.6 Å². The molecular formula is C23H29F3N6O2. The van der Waals surface area contributed by atoms with E-state index in [1.165, 1.54) is 24.3 Å². The van der Waals surface area contributed by atoms with E-state index in [-0.39, 0.29) is 35.6 Å². The summed E-state index contributed by atoms with van der Waals surface area (Å²) in [4.78, 5) is 13.0. The molecule has 3 fully saturated rings. The Labute approximate surface area is 195 Å². The molecule has 1 aliphatic carbocycles. The molecule has 1 saturated carbocycles. The Hall–Kier alpha value is -2.63. The molecule has 184 valence electrons. The molecule has 2 aliphatic heterocycles. The van der Waals surface area contributed by atoms with Gasteiger partial charge in [0.15, 0.2) is 0 Å². The minimum absolute atomic E-state index is 0.0351. The fourth-order valence-electron chi connectivity index (χ4n) is 5.41. The minimum Gasteiger partial charge on any atom is -0.435 e. The summed E-state index contributed by atoms with van der Waals surface area (Å²) in [5.41, 5.74) is 7.97. The number of alkyl halides is 3. The monoisotopic (exact) mass is 478 g/mol. The number of hydrogen-bond donors (Lipinski definition) is 4. The lowest BCUT2D eigenvalue weighted by Crippen LogP contribution is -2.42. The van der Waals surface area contributed by atoms with Crippen molar-refractivity contribution in [2.75, 3.05) is 18.4 Å². The molecule has 5 rings (SSSR count). The van der Waals surface area contributed by atoms with Gasteiger partial charge >= 0.3 is 6.61 Å². The molecule has 3 heterocycles. The molecule has 0 spiro atoms. The highest BCUT2D eigenvalue weighted by molar-refractivity contribution is 5.95. The number of piperidine rings is 1. The number of carbonyl (C=O) groups is 1. The number of amides is 1. The molecule has 2 saturated heterocycles. The number of carbonyl (C=O) groups excluding carboxylic acids is 1. The summed E-state index contributed by atoms with van der Waals surface area (Å²) in [5.74, 6) is 0.177. The van der Waals surface area contributed by atoms with Crippen molar-refractivity contribution in [2.45, 2.75) is 62.5 Å². The number of hydrogen-bond acceptors (Lipinski definition) is 6. The van der Waals surface area contributed by atoms with Crippen LogP contribution in [0.1, 0.15) is 43.2 Å². The Bertz CT molecular complexity index is 987. The highest BCUT2D eigenvalue weighted by Gasteiger charge is 2.44. The van der Waals surface area contributed by atoms with E-state index < -0.39 is 18.8 Å². The summed E-state index contributed by atoms with van der Waals surface area (Å²) in [6.07, 6.45) is 6.26. The second-order valence-electron chi connectivity index (χ2n) is 9.27. The van der Waals surface area contributed by atoms with Crippen LogP contribution in [0.25, 0.3) is 0 Å². The van der Waals surface area contributed by atoms with Gasteiger partial charge in [-0.05, 0) is 68.0 Å². The third kappa shape index (κ3) is 4.91. The molecule has 2 aromatic rings. The summed E-state index contributed by atoms with van der Waals surface area (Å²) < 4.78 is 45.1. The van der Waals surface area contributed by atoms with E-state index in [4.69, 9.17) is 0 Å². The number of ether oxygens (including phenoxy) is 1. The van der Waals surface area contributed by atoms with Gasteiger partial charge in [0.05, 0.1) is 12.2 Å². The van der Waals surface area contributed by atoms with Crippen LogP contribution in [0.4, 0.5) is 18.9 Å². The first-order valence-corrected chi connectivity index (χ1v) is 11.7. The first-order valence-electron chi connectivity index (χ1n) is 11.7. The molecular weight excluding hydrogens is 449 g/mol. The molecule has 0 radical (unpaired) electrons. The summed E-state index contributed by atoms with van der Waals surface area (Å²) in [6.45, 7) is -1.76. The molecule has 6 unspecified atom stereocenters. The molecule has 4 N–H and O–H groups in total. The predicted octanol–water partition coefficient (Wildman–Crippen LogP) is 2.72. The zero-order valence-electron chi connectivity index (χ0n) is 18.6. The number of nitrogens with zero attached hydrogens (tertiary/aromatic N) is 2. The van der Waals surface area contributed by atoms with Crippen molar-refractivity contribution >= 4 is 11.6 Å². The Kier molecular flexibility index (Phi) is 6.75. The topological polar surface area (TPSA) is 92.2 Å². The van der Waals surface area contributed by atoms with E-state index in [2.05, 4.69) is 31.3 Å². The van der Waals surface area contributed by atoms with Crippen LogP contribution in [-0.2, 0) is 4.79 Å². The van der Waals surface area contributed by atoms with Gasteiger partial charge in [-0.25, -0.2) is 9.82 Å². The molecule has 6 atom stereocenters. The second kappa shape index (κ2) is 9.93. The SMILES string of the molecule is O=C(Nc1ccc(OC(F)F)cc1)C1NNC2CCC(c3cnn(C4CCNCC4F)c3)CC21. The molecule has 1 aromatic heterocycles. The molecule has 34 heavy (non-hydrogen) atoms. The number of anilines is 1. The Morgan fingerprint density at radius 1 is 1.18 bits per heavy atom. The smallest absolute Gasteiger partial charge is 0.387 e. The van der Waals surface area contributed by atoms with Crippen LogP contribution in [0, 0.1) is 5.92 Å². The highest BCUT2D eigenvalue weighted by atomic mass is 19.3. The molecule has 11 heteroatoms. The number of rotatable bonds is 6. The van der Waals surface area contributed by atoms with Gasteiger partial charge in [-0.15, -0.1) is 0 Å². The van der Waals surface area contributed by atoms with E-state index in [0.29, 0.717) is 18.7 Å². The minimum atomic E-state index is -2.89. The lowest BCUT2D eigenvalue weighted by molar-refractivity contribution is -0.119. The van der Waals surface area contributed by atoms with Crippen molar-refractivity contribution in [3.8, 4) is 5.75 Å². The lowest BCUT2D eigenvalue weighted by atomic mass is 9.74. The third-order valence-electron chi connectivity index (χ3n) is 7.19. The largest absolute Gasteiger partial charge is 0.435 e. The fourth-order valence-corrected chi connectivity index (χ4v) is 5.41. The number of halogens is 3. The van der Waals surface area contributed by atoms with Gasteiger partial charge in [0.25, 0.3) is 0 Å². The van der Waals surface area contributed by atoms with Crippen LogP contribution in [0.2, 0.25) is 0 Å². The van der Waals surface area contributed by atoms with Crippen LogP contribution < -0.4 is 26.2 Å². The van der Waals surface area contributed by atoms with Gasteiger partial charge in [-0.2, -0.15) is 13.9 Å². The van der Waals surface area contributed by atoms with Crippen molar-refractivity contribution in [2.24, 2.45) is 5.92 Å². The first-order chi connectivity index (χ1) is 16.5. The fraction of sp³-hybridized carbons (Fsp3) is 0.565. The Balaban J connectivity index is 1.22. The molecule has 3 aliphatic rings. The summed E-state index contributed by atoms with van der Waals surface area (Å²) in [6, 6.07) is 5.37. The van der Waals surface area contributed by atoms with Crippen molar-refractivity contribution in [1.82, 2.24) is 25.9 Å². The van der Waals surface area contributed by atoms with E-state index in [1.807, 2.05) is 12.4 Å². The highest BCUT2D eigenvalue weighted by Crippen LogP contribution is 2.40. The maximum Gasteiger partial charge on any atom is 0.387 e. The van der Waals surface area contributed by atoms with Gasteiger partial charge in [-0.1, -0.05) is 0 Å². The normalized spacial score (nSPS) is 31.3. The number of nitrogens with one attached hydrogen (secondary N) is 4. The summed E-state index contributed by atoms with van der Waals surface area (Å²) >= 11 is 0. The van der Waals surface area contributed by atoms with Gasteiger partial charge < -0.3 is 15.4 Å². The van der Waals surface area contributed by atoms with Crippen molar-refractivity contribution in [3.05, 3.63) is 42.2 Å². The van der Waals surface area contributed by atoms with E-state index in [1.54, 1.807) is 4.68 Å². The standard InChI is InChI=1S/C23H29F3N6O2/c24-18-11-27-8-7-20(18)32-12-14(10-28-32)13-1-6-19-17(9-13)21(31-30-19)22(33)29-15-2-4-16(5-3-15)34-23(25)26/h2-5,10,12-13,17-21,23,27,30-31H,1,6-9,11H2,(H,29,33). The number of aromatic nitrogens is 2. The van der Waals surface area contributed by atoms with E-state index in [0.717, 1.165) is 31.4 Å². The van der Waals surface area contributed by atoms with Crippen LogP contribution in [0.5, 0.6) is 5.75 Å². The van der Waals surface area contributed by atoms with Crippen LogP contribution in [0.15, 0.2) is 36.7 Å². The van der Waals surface area contributed by atoms with E-state index in [9.17, 15) is 18.0 Å². The summed E-state index contributed by atoms with van der Waals surface area (Å²) in [7, 11) is 0. The molecule has 8 nitrogen and oxygen atoms in total. The van der Waals surface area contributed by atoms with Crippen LogP contribution in [0.3, 0.4) is 0 Å². The lowest BCUT2D eigenvalue weighted by Gasteiger charge is -2.32. The number of hydrazine groups is 1. The Morgan fingerprint density at radius 3 is 2.76 bits per heavy atom. The zero-order chi connectivity index (χ0) is 23.7.